The van der Waals surface area contributed by atoms with E-state index in [2.05, 4.69) is 55.6 Å². The number of fused-ring (bicyclic) bond motifs is 1. The standard InChI is InChI=1S/C11H9Br2N/c1-2-3-7-6-14-11-5-10(13)9(12)4-8(7)11/h2,4-6,14H,1,3H2. The summed E-state index contributed by atoms with van der Waals surface area (Å²) in [4.78, 5) is 3.24. The molecule has 0 radical (unpaired) electrons. The van der Waals surface area contributed by atoms with Gasteiger partial charge in [0.25, 0.3) is 0 Å². The molecule has 2 aromatic rings. The zero-order valence-electron chi connectivity index (χ0n) is 7.48. The minimum Gasteiger partial charge on any atom is -0.361 e. The molecule has 1 aromatic heterocycles. The molecular weight excluding hydrogens is 306 g/mol. The van der Waals surface area contributed by atoms with Crippen molar-refractivity contribution in [2.75, 3.05) is 0 Å². The molecule has 0 aliphatic heterocycles. The molecule has 0 fully saturated rings. The summed E-state index contributed by atoms with van der Waals surface area (Å²) in [6, 6.07) is 4.20. The fourth-order valence-corrected chi connectivity index (χ4v) is 2.19. The molecule has 0 bridgehead atoms. The van der Waals surface area contributed by atoms with Crippen LogP contribution in [0.5, 0.6) is 0 Å². The molecule has 0 unspecified atom stereocenters. The van der Waals surface area contributed by atoms with Gasteiger partial charge in [-0.3, -0.25) is 0 Å². The number of nitrogens with one attached hydrogen (secondary N) is 1. The minimum atomic E-state index is 0.897. The molecule has 0 aliphatic rings. The first kappa shape index (κ1) is 9.99. The second kappa shape index (κ2) is 3.91. The molecule has 0 aliphatic carbocycles. The van der Waals surface area contributed by atoms with Crippen molar-refractivity contribution < 1.29 is 0 Å². The molecule has 0 spiro atoms. The molecule has 0 atom stereocenters. The van der Waals surface area contributed by atoms with Crippen LogP contribution in [0.15, 0.2) is 39.9 Å². The number of aromatic nitrogens is 1. The molecule has 72 valence electrons. The smallest absolute Gasteiger partial charge is 0.0469 e. The van der Waals surface area contributed by atoms with Gasteiger partial charge in [0.05, 0.1) is 0 Å². The Labute approximate surface area is 99.5 Å². The van der Waals surface area contributed by atoms with Gasteiger partial charge in [0.1, 0.15) is 0 Å². The van der Waals surface area contributed by atoms with Crippen LogP contribution in [0.2, 0.25) is 0 Å². The Morgan fingerprint density at radius 3 is 2.71 bits per heavy atom. The molecule has 0 saturated heterocycles. The van der Waals surface area contributed by atoms with Gasteiger partial charge in [-0.25, -0.2) is 0 Å². The van der Waals surface area contributed by atoms with E-state index in [0.717, 1.165) is 20.9 Å². The van der Waals surface area contributed by atoms with E-state index in [0.29, 0.717) is 0 Å². The van der Waals surface area contributed by atoms with Crippen molar-refractivity contribution in [2.45, 2.75) is 6.42 Å². The molecule has 1 heterocycles. The molecule has 1 nitrogen and oxygen atoms in total. The predicted octanol–water partition coefficient (Wildman–Crippen LogP) is 4.42. The number of hydrogen-bond acceptors (Lipinski definition) is 0. The summed E-state index contributed by atoms with van der Waals surface area (Å²) in [6.07, 6.45) is 4.85. The van der Waals surface area contributed by atoms with Gasteiger partial charge in [0, 0.05) is 26.0 Å². The second-order valence-electron chi connectivity index (χ2n) is 3.12. The second-order valence-corrected chi connectivity index (χ2v) is 4.83. The predicted molar refractivity (Wildman–Crippen MR) is 67.6 cm³/mol. The fraction of sp³-hybridized carbons (Fsp3) is 0.0909. The Balaban J connectivity index is 2.67. The van der Waals surface area contributed by atoms with Crippen LogP contribution < -0.4 is 0 Å². The van der Waals surface area contributed by atoms with Crippen LogP contribution in [0.4, 0.5) is 0 Å². The van der Waals surface area contributed by atoms with E-state index in [-0.39, 0.29) is 0 Å². The third-order valence-corrected chi connectivity index (χ3v) is 4.02. The van der Waals surface area contributed by atoms with Gasteiger partial charge in [-0.1, -0.05) is 6.08 Å². The molecule has 1 aromatic carbocycles. The maximum absolute atomic E-state index is 3.75. The molecule has 0 saturated carbocycles. The number of aromatic amines is 1. The van der Waals surface area contributed by atoms with Crippen molar-refractivity contribution in [3.05, 3.63) is 45.5 Å². The molecule has 0 amide bonds. The minimum absolute atomic E-state index is 0.897. The Morgan fingerprint density at radius 2 is 2.00 bits per heavy atom. The van der Waals surface area contributed by atoms with Crippen molar-refractivity contribution in [3.8, 4) is 0 Å². The first-order valence-electron chi connectivity index (χ1n) is 4.28. The lowest BCUT2D eigenvalue weighted by Gasteiger charge is -1.98. The monoisotopic (exact) mass is 313 g/mol. The van der Waals surface area contributed by atoms with E-state index >= 15 is 0 Å². The van der Waals surface area contributed by atoms with Crippen molar-refractivity contribution >= 4 is 42.8 Å². The first-order valence-corrected chi connectivity index (χ1v) is 5.87. The van der Waals surface area contributed by atoms with E-state index in [9.17, 15) is 0 Å². The number of halogens is 2. The summed E-state index contributed by atoms with van der Waals surface area (Å²) in [6.45, 7) is 3.75. The molecular formula is C11H9Br2N. The lowest BCUT2D eigenvalue weighted by molar-refractivity contribution is 1.29. The molecule has 2 rings (SSSR count). The molecule has 1 N–H and O–H groups in total. The Bertz CT molecular complexity index is 485. The zero-order valence-corrected chi connectivity index (χ0v) is 10.7. The summed E-state index contributed by atoms with van der Waals surface area (Å²) < 4.78 is 2.15. The van der Waals surface area contributed by atoms with E-state index in [1.807, 2.05) is 12.3 Å². The summed E-state index contributed by atoms with van der Waals surface area (Å²) in [5.74, 6) is 0. The molecule has 14 heavy (non-hydrogen) atoms. The lowest BCUT2D eigenvalue weighted by atomic mass is 10.1. The lowest BCUT2D eigenvalue weighted by Crippen LogP contribution is -1.77. The van der Waals surface area contributed by atoms with Crippen LogP contribution in [-0.4, -0.2) is 4.98 Å². The highest BCUT2D eigenvalue weighted by Crippen LogP contribution is 2.30. The number of H-pyrrole nitrogens is 1. The quantitative estimate of drug-likeness (QED) is 0.790. The maximum atomic E-state index is 3.75. The van der Waals surface area contributed by atoms with Gasteiger partial charge in [-0.05, 0) is 56.0 Å². The third-order valence-electron chi connectivity index (χ3n) is 2.17. The van der Waals surface area contributed by atoms with Crippen LogP contribution in [0.3, 0.4) is 0 Å². The molecule has 3 heteroatoms. The summed E-state index contributed by atoms with van der Waals surface area (Å²) >= 11 is 6.98. The first-order chi connectivity index (χ1) is 6.72. The van der Waals surface area contributed by atoms with E-state index in [1.54, 1.807) is 0 Å². The van der Waals surface area contributed by atoms with Crippen molar-refractivity contribution in [2.24, 2.45) is 0 Å². The van der Waals surface area contributed by atoms with Crippen LogP contribution >= 0.6 is 31.9 Å². The van der Waals surface area contributed by atoms with Crippen molar-refractivity contribution in [1.29, 1.82) is 0 Å². The number of rotatable bonds is 2. The highest BCUT2D eigenvalue weighted by Gasteiger charge is 2.05. The Kier molecular flexibility index (Phi) is 2.79. The topological polar surface area (TPSA) is 15.8 Å². The van der Waals surface area contributed by atoms with E-state index < -0.39 is 0 Å². The van der Waals surface area contributed by atoms with Gasteiger partial charge in [-0.2, -0.15) is 0 Å². The van der Waals surface area contributed by atoms with Gasteiger partial charge in [0.2, 0.25) is 0 Å². The zero-order chi connectivity index (χ0) is 10.1. The van der Waals surface area contributed by atoms with Gasteiger partial charge < -0.3 is 4.98 Å². The Morgan fingerprint density at radius 1 is 1.29 bits per heavy atom. The maximum Gasteiger partial charge on any atom is 0.0469 e. The van der Waals surface area contributed by atoms with Crippen LogP contribution in [0.1, 0.15) is 5.56 Å². The highest BCUT2D eigenvalue weighted by atomic mass is 79.9. The summed E-state index contributed by atoms with van der Waals surface area (Å²) in [5, 5.41) is 1.25. The summed E-state index contributed by atoms with van der Waals surface area (Å²) in [5.41, 5.74) is 2.43. The van der Waals surface area contributed by atoms with Gasteiger partial charge in [-0.15, -0.1) is 6.58 Å². The van der Waals surface area contributed by atoms with E-state index in [4.69, 9.17) is 0 Å². The highest BCUT2D eigenvalue weighted by molar-refractivity contribution is 9.13. The summed E-state index contributed by atoms with van der Waals surface area (Å²) in [7, 11) is 0. The van der Waals surface area contributed by atoms with Crippen molar-refractivity contribution in [1.82, 2.24) is 4.98 Å². The average Bonchev–Trinajstić information content (AvgIpc) is 2.51. The fourth-order valence-electron chi connectivity index (χ4n) is 1.50. The number of hydrogen-bond donors (Lipinski definition) is 1. The third kappa shape index (κ3) is 1.66. The van der Waals surface area contributed by atoms with Gasteiger partial charge >= 0.3 is 0 Å². The van der Waals surface area contributed by atoms with Crippen LogP contribution in [0.25, 0.3) is 10.9 Å². The van der Waals surface area contributed by atoms with Gasteiger partial charge in [0.15, 0.2) is 0 Å². The number of benzene rings is 1. The largest absolute Gasteiger partial charge is 0.361 e. The number of allylic oxidation sites excluding steroid dienone is 1. The Hall–Kier alpha value is -0.540. The normalized spacial score (nSPS) is 10.7. The van der Waals surface area contributed by atoms with Crippen LogP contribution in [0, 0.1) is 0 Å². The average molecular weight is 315 g/mol. The van der Waals surface area contributed by atoms with Crippen molar-refractivity contribution in [3.63, 3.8) is 0 Å². The van der Waals surface area contributed by atoms with E-state index in [1.165, 1.54) is 10.9 Å². The van der Waals surface area contributed by atoms with Crippen LogP contribution in [-0.2, 0) is 6.42 Å². The SMILES string of the molecule is C=CCc1c[nH]c2cc(Br)c(Br)cc12.